The fraction of sp³-hybridized carbons (Fsp3) is 0.429. The molecule has 2 atom stereocenters. The van der Waals surface area contributed by atoms with E-state index in [1.54, 1.807) is 23.3 Å². The van der Waals surface area contributed by atoms with Gasteiger partial charge in [-0.2, -0.15) is 0 Å². The Morgan fingerprint density at radius 3 is 2.83 bits per heavy atom. The number of rotatable bonds is 5. The Labute approximate surface area is 208 Å². The summed E-state index contributed by atoms with van der Waals surface area (Å²) in [5, 5.41) is 2.18. The smallest absolute Gasteiger partial charge is 0.254 e. The van der Waals surface area contributed by atoms with E-state index in [0.717, 1.165) is 33.2 Å². The summed E-state index contributed by atoms with van der Waals surface area (Å²) in [5.74, 6) is 1.44. The Kier molecular flexibility index (Phi) is 5.55. The number of amides is 1. The largest absolute Gasteiger partial charge is 0.496 e. The van der Waals surface area contributed by atoms with E-state index in [2.05, 4.69) is 28.6 Å². The van der Waals surface area contributed by atoms with E-state index in [1.165, 1.54) is 23.4 Å². The Hall–Kier alpha value is -2.93. The van der Waals surface area contributed by atoms with Gasteiger partial charge in [0.15, 0.2) is 0 Å². The highest BCUT2D eigenvalue weighted by atomic mass is 32.1. The molecule has 1 saturated carbocycles. The number of piperidine rings is 1. The highest BCUT2D eigenvalue weighted by Gasteiger charge is 2.30. The first kappa shape index (κ1) is 22.5. The number of hydrogen-bond donors (Lipinski definition) is 0. The Morgan fingerprint density at radius 1 is 1.26 bits per heavy atom. The monoisotopic (exact) mass is 491 g/mol. The zero-order valence-electron chi connectivity index (χ0n) is 20.4. The molecular formula is C28H30FN3O2S. The lowest BCUT2D eigenvalue weighted by Crippen LogP contribution is -2.44. The minimum absolute atomic E-state index is 0.126. The van der Waals surface area contributed by atoms with Crippen molar-refractivity contribution in [2.75, 3.05) is 20.2 Å². The zero-order chi connectivity index (χ0) is 24.3. The molecule has 0 unspecified atom stereocenters. The predicted octanol–water partition coefficient (Wildman–Crippen LogP) is 6.47. The van der Waals surface area contributed by atoms with Gasteiger partial charge in [-0.15, -0.1) is 11.3 Å². The number of carbonyl (C=O) groups is 1. The van der Waals surface area contributed by atoms with Crippen LogP contribution in [-0.2, 0) is 6.54 Å². The number of nitrogens with zero attached hydrogens (tertiary/aromatic N) is 3. The molecule has 2 fully saturated rings. The van der Waals surface area contributed by atoms with Gasteiger partial charge in [-0.1, -0.05) is 6.92 Å². The standard InChI is InChI=1S/C28H30FN3O2S/c1-16-9-21(29)15-31(13-16)28(33)20-11-23(34-3)25-17(2)26(35-24(25)12-20)22-10-19-5-4-8-30-27(19)32(22)14-18-6-7-18/h4-5,8,10-12,16,18,21H,6-7,9,13-15H2,1-3H3/t16-,21-/m1/s1. The SMILES string of the molecule is COc1cc(C(=O)N2C[C@H](C)C[C@@H](F)C2)cc2sc(-c3cc4cccnc4n3CC3CC3)c(C)c12. The highest BCUT2D eigenvalue weighted by Crippen LogP contribution is 2.45. The van der Waals surface area contributed by atoms with E-state index in [0.29, 0.717) is 30.2 Å². The van der Waals surface area contributed by atoms with Crippen molar-refractivity contribution < 1.29 is 13.9 Å². The lowest BCUT2D eigenvalue weighted by atomic mass is 9.98. The van der Waals surface area contributed by atoms with E-state index in [1.807, 2.05) is 31.3 Å². The molecule has 0 bridgehead atoms. The van der Waals surface area contributed by atoms with Gasteiger partial charge in [0, 0.05) is 40.3 Å². The maximum atomic E-state index is 14.2. The van der Waals surface area contributed by atoms with E-state index in [4.69, 9.17) is 4.74 Å². The molecule has 1 aliphatic heterocycles. The molecule has 0 radical (unpaired) electrons. The van der Waals surface area contributed by atoms with Gasteiger partial charge < -0.3 is 14.2 Å². The van der Waals surface area contributed by atoms with Gasteiger partial charge in [-0.05, 0) is 73.9 Å². The molecule has 35 heavy (non-hydrogen) atoms. The summed E-state index contributed by atoms with van der Waals surface area (Å²) in [5.41, 5.74) is 3.90. The maximum Gasteiger partial charge on any atom is 0.254 e. The first-order chi connectivity index (χ1) is 16.9. The highest BCUT2D eigenvalue weighted by molar-refractivity contribution is 7.22. The number of pyridine rings is 1. The minimum Gasteiger partial charge on any atom is -0.496 e. The number of aryl methyl sites for hydroxylation is 1. The summed E-state index contributed by atoms with van der Waals surface area (Å²) < 4.78 is 23.4. The van der Waals surface area contributed by atoms with Crippen LogP contribution in [0.1, 0.15) is 42.1 Å². The number of aromatic nitrogens is 2. The van der Waals surface area contributed by atoms with Crippen molar-refractivity contribution in [3.05, 3.63) is 47.7 Å². The number of halogens is 1. The van der Waals surface area contributed by atoms with Crippen molar-refractivity contribution in [2.45, 2.75) is 45.8 Å². The molecule has 6 rings (SSSR count). The lowest BCUT2D eigenvalue weighted by molar-refractivity contribution is 0.0555. The number of ether oxygens (including phenoxy) is 1. The van der Waals surface area contributed by atoms with Crippen molar-refractivity contribution in [1.29, 1.82) is 0 Å². The first-order valence-corrected chi connectivity index (χ1v) is 13.2. The van der Waals surface area contributed by atoms with Crippen LogP contribution >= 0.6 is 11.3 Å². The van der Waals surface area contributed by atoms with Crippen LogP contribution in [0.5, 0.6) is 5.75 Å². The summed E-state index contributed by atoms with van der Waals surface area (Å²) in [6.07, 6.45) is 3.95. The molecule has 1 aliphatic carbocycles. The van der Waals surface area contributed by atoms with Crippen LogP contribution < -0.4 is 4.74 Å². The second-order valence-corrected chi connectivity index (χ2v) is 11.3. The number of alkyl halides is 1. The molecular weight excluding hydrogens is 461 g/mol. The number of fused-ring (bicyclic) bond motifs is 2. The van der Waals surface area contributed by atoms with Gasteiger partial charge >= 0.3 is 0 Å². The van der Waals surface area contributed by atoms with Crippen LogP contribution in [0.2, 0.25) is 0 Å². The zero-order valence-corrected chi connectivity index (χ0v) is 21.2. The number of carbonyl (C=O) groups excluding carboxylic acids is 1. The molecule has 1 amide bonds. The third kappa shape index (κ3) is 3.99. The van der Waals surface area contributed by atoms with Crippen LogP contribution in [0.4, 0.5) is 4.39 Å². The molecule has 7 heteroatoms. The molecule has 182 valence electrons. The predicted molar refractivity (Wildman–Crippen MR) is 139 cm³/mol. The van der Waals surface area contributed by atoms with Gasteiger partial charge in [0.05, 0.1) is 24.2 Å². The molecule has 2 aliphatic rings. The van der Waals surface area contributed by atoms with Crippen molar-refractivity contribution in [2.24, 2.45) is 11.8 Å². The average molecular weight is 492 g/mol. The van der Waals surface area contributed by atoms with Gasteiger partial charge in [0.25, 0.3) is 5.91 Å². The van der Waals surface area contributed by atoms with Gasteiger partial charge in [0.2, 0.25) is 0 Å². The Morgan fingerprint density at radius 2 is 2.09 bits per heavy atom. The fourth-order valence-electron chi connectivity index (χ4n) is 5.51. The number of methoxy groups -OCH3 is 1. The number of thiophene rings is 1. The number of hydrogen-bond acceptors (Lipinski definition) is 4. The summed E-state index contributed by atoms with van der Waals surface area (Å²) in [7, 11) is 1.65. The topological polar surface area (TPSA) is 47.4 Å². The molecule has 5 nitrogen and oxygen atoms in total. The van der Waals surface area contributed by atoms with Crippen molar-refractivity contribution >= 4 is 38.4 Å². The molecule has 0 spiro atoms. The second kappa shape index (κ2) is 8.63. The summed E-state index contributed by atoms with van der Waals surface area (Å²) in [4.78, 5) is 20.9. The van der Waals surface area contributed by atoms with Crippen LogP contribution in [0.25, 0.3) is 31.7 Å². The molecule has 4 heterocycles. The van der Waals surface area contributed by atoms with E-state index < -0.39 is 6.17 Å². The van der Waals surface area contributed by atoms with Gasteiger partial charge in [0.1, 0.15) is 17.6 Å². The molecule has 0 N–H and O–H groups in total. The van der Waals surface area contributed by atoms with Crippen LogP contribution in [0.15, 0.2) is 36.5 Å². The maximum absolute atomic E-state index is 14.2. The lowest BCUT2D eigenvalue weighted by Gasteiger charge is -2.33. The van der Waals surface area contributed by atoms with Crippen LogP contribution in [0, 0.1) is 18.8 Å². The van der Waals surface area contributed by atoms with E-state index >= 15 is 0 Å². The Bertz CT molecular complexity index is 1430. The van der Waals surface area contributed by atoms with Crippen molar-refractivity contribution in [1.82, 2.24) is 14.5 Å². The minimum atomic E-state index is -0.967. The van der Waals surface area contributed by atoms with E-state index in [-0.39, 0.29) is 18.4 Å². The van der Waals surface area contributed by atoms with Crippen molar-refractivity contribution in [3.8, 4) is 16.3 Å². The number of benzene rings is 1. The summed E-state index contributed by atoms with van der Waals surface area (Å²) in [6.45, 7) is 5.85. The molecule has 3 aromatic heterocycles. The average Bonchev–Trinajstić information content (AvgIpc) is 3.51. The molecule has 1 saturated heterocycles. The second-order valence-electron chi connectivity index (χ2n) is 10.3. The number of likely N-dealkylation sites (tertiary alicyclic amines) is 1. The quantitative estimate of drug-likeness (QED) is 0.322. The fourth-order valence-corrected chi connectivity index (χ4v) is 6.80. The Balaban J connectivity index is 1.46. The van der Waals surface area contributed by atoms with Crippen molar-refractivity contribution in [3.63, 3.8) is 0 Å². The van der Waals surface area contributed by atoms with Gasteiger partial charge in [-0.3, -0.25) is 4.79 Å². The summed E-state index contributed by atoms with van der Waals surface area (Å²) in [6, 6.07) is 10.1. The summed E-state index contributed by atoms with van der Waals surface area (Å²) >= 11 is 1.69. The first-order valence-electron chi connectivity index (χ1n) is 12.4. The molecule has 4 aromatic rings. The van der Waals surface area contributed by atoms with E-state index in [9.17, 15) is 9.18 Å². The van der Waals surface area contributed by atoms with Gasteiger partial charge in [-0.25, -0.2) is 9.37 Å². The third-order valence-electron chi connectivity index (χ3n) is 7.38. The van der Waals surface area contributed by atoms with Crippen LogP contribution in [-0.4, -0.2) is 46.7 Å². The normalized spacial score (nSPS) is 20.6. The van der Waals surface area contributed by atoms with Crippen LogP contribution in [0.3, 0.4) is 0 Å². The molecule has 1 aromatic carbocycles. The third-order valence-corrected chi connectivity index (χ3v) is 8.64.